The number of carbonyl (C=O) groups is 1. The fourth-order valence-corrected chi connectivity index (χ4v) is 1.88. The van der Waals surface area contributed by atoms with E-state index >= 15 is 0 Å². The van der Waals surface area contributed by atoms with Gasteiger partial charge in [0.25, 0.3) is 0 Å². The van der Waals surface area contributed by atoms with E-state index in [4.69, 9.17) is 5.73 Å². The fraction of sp³-hybridized carbons (Fsp3) is 0.0769. The Morgan fingerprint density at radius 1 is 1.28 bits per heavy atom. The molecule has 1 aromatic carbocycles. The first-order valence-electron chi connectivity index (χ1n) is 5.40. The van der Waals surface area contributed by atoms with Gasteiger partial charge in [0.1, 0.15) is 5.82 Å². The summed E-state index contributed by atoms with van der Waals surface area (Å²) in [4.78, 5) is 15.9. The van der Waals surface area contributed by atoms with E-state index in [9.17, 15) is 4.79 Å². The molecule has 0 bridgehead atoms. The topological polar surface area (TPSA) is 68.0 Å². The first kappa shape index (κ1) is 12.6. The van der Waals surface area contributed by atoms with Crippen molar-refractivity contribution in [2.24, 2.45) is 0 Å². The molecule has 2 aromatic rings. The predicted octanol–water partition coefficient (Wildman–Crippen LogP) is 2.61. The smallest absolute Gasteiger partial charge is 0.230 e. The van der Waals surface area contributed by atoms with Crippen molar-refractivity contribution in [2.45, 2.75) is 6.42 Å². The van der Waals surface area contributed by atoms with Crippen LogP contribution in [0.5, 0.6) is 0 Å². The van der Waals surface area contributed by atoms with Crippen LogP contribution in [-0.2, 0) is 11.2 Å². The highest BCUT2D eigenvalue weighted by Crippen LogP contribution is 2.19. The molecule has 0 unspecified atom stereocenters. The van der Waals surface area contributed by atoms with Gasteiger partial charge in [0, 0.05) is 11.9 Å². The second kappa shape index (κ2) is 5.64. The maximum absolute atomic E-state index is 11.9. The average molecular weight is 306 g/mol. The third kappa shape index (κ3) is 3.07. The lowest BCUT2D eigenvalue weighted by Gasteiger charge is -2.07. The molecule has 0 fully saturated rings. The Labute approximate surface area is 113 Å². The van der Waals surface area contributed by atoms with E-state index in [0.29, 0.717) is 11.5 Å². The number of benzene rings is 1. The van der Waals surface area contributed by atoms with Crippen molar-refractivity contribution in [2.75, 3.05) is 11.1 Å². The van der Waals surface area contributed by atoms with Gasteiger partial charge in [-0.1, -0.05) is 18.2 Å². The van der Waals surface area contributed by atoms with Gasteiger partial charge in [0.2, 0.25) is 5.91 Å². The quantitative estimate of drug-likeness (QED) is 0.857. The second-order valence-electron chi connectivity index (χ2n) is 3.76. The van der Waals surface area contributed by atoms with Gasteiger partial charge in [-0.25, -0.2) is 4.98 Å². The molecule has 5 heteroatoms. The molecule has 0 saturated carbocycles. The van der Waals surface area contributed by atoms with Crippen LogP contribution in [0.3, 0.4) is 0 Å². The molecule has 0 spiro atoms. The van der Waals surface area contributed by atoms with Gasteiger partial charge < -0.3 is 11.1 Å². The molecule has 1 heterocycles. The van der Waals surface area contributed by atoms with E-state index in [2.05, 4.69) is 26.2 Å². The highest BCUT2D eigenvalue weighted by Gasteiger charge is 2.08. The molecule has 1 aromatic heterocycles. The number of nitrogens with one attached hydrogen (secondary N) is 1. The zero-order valence-electron chi connectivity index (χ0n) is 9.56. The van der Waals surface area contributed by atoms with Crippen LogP contribution in [0.1, 0.15) is 5.56 Å². The highest BCUT2D eigenvalue weighted by molar-refractivity contribution is 9.10. The Hall–Kier alpha value is -1.88. The number of hydrogen-bond acceptors (Lipinski definition) is 3. The largest absolute Gasteiger partial charge is 0.398 e. The number of nitrogens with two attached hydrogens (primary N) is 1. The van der Waals surface area contributed by atoms with Crippen LogP contribution in [0.15, 0.2) is 47.1 Å². The number of para-hydroxylation sites is 1. The summed E-state index contributed by atoms with van der Waals surface area (Å²) in [5.41, 5.74) is 7.21. The number of aromatic nitrogens is 1. The first-order valence-corrected chi connectivity index (χ1v) is 6.20. The lowest BCUT2D eigenvalue weighted by atomic mass is 10.1. The molecular weight excluding hydrogens is 294 g/mol. The number of amides is 1. The average Bonchev–Trinajstić information content (AvgIpc) is 2.35. The Bertz CT molecular complexity index is 522. The van der Waals surface area contributed by atoms with E-state index in [1.165, 1.54) is 0 Å². The number of nitrogen functional groups attached to an aromatic ring is 1. The molecule has 92 valence electrons. The third-order valence-electron chi connectivity index (χ3n) is 2.42. The molecule has 2 rings (SSSR count). The van der Waals surface area contributed by atoms with Crippen molar-refractivity contribution in [1.29, 1.82) is 0 Å². The summed E-state index contributed by atoms with van der Waals surface area (Å²) in [5.74, 6) is 0.365. The predicted molar refractivity (Wildman–Crippen MR) is 75.1 cm³/mol. The molecule has 0 atom stereocenters. The maximum atomic E-state index is 11.9. The minimum Gasteiger partial charge on any atom is -0.398 e. The van der Waals surface area contributed by atoms with Gasteiger partial charge in [-0.05, 0) is 39.7 Å². The van der Waals surface area contributed by atoms with Crippen LogP contribution in [0.25, 0.3) is 0 Å². The van der Waals surface area contributed by atoms with Gasteiger partial charge in [0.15, 0.2) is 0 Å². The molecule has 1 amide bonds. The summed E-state index contributed by atoms with van der Waals surface area (Å²) in [6, 6.07) is 10.9. The Kier molecular flexibility index (Phi) is 3.94. The van der Waals surface area contributed by atoms with Gasteiger partial charge in [-0.2, -0.15) is 0 Å². The lowest BCUT2D eigenvalue weighted by molar-refractivity contribution is -0.115. The molecule has 4 nitrogen and oxygen atoms in total. The normalized spacial score (nSPS) is 10.1. The van der Waals surface area contributed by atoms with E-state index < -0.39 is 0 Å². The van der Waals surface area contributed by atoms with Crippen molar-refractivity contribution in [1.82, 2.24) is 4.98 Å². The van der Waals surface area contributed by atoms with Gasteiger partial charge in [-0.3, -0.25) is 4.79 Å². The Morgan fingerprint density at radius 3 is 2.78 bits per heavy atom. The second-order valence-corrected chi connectivity index (χ2v) is 4.61. The summed E-state index contributed by atoms with van der Waals surface area (Å²) in [6.45, 7) is 0. The molecule has 0 aliphatic carbocycles. The molecule has 0 aliphatic rings. The van der Waals surface area contributed by atoms with Crippen LogP contribution in [-0.4, -0.2) is 10.9 Å². The molecule has 3 N–H and O–H groups in total. The molecule has 0 radical (unpaired) electrons. The molecular formula is C13H12BrN3O. The summed E-state index contributed by atoms with van der Waals surface area (Å²) in [7, 11) is 0. The van der Waals surface area contributed by atoms with Crippen molar-refractivity contribution in [3.05, 3.63) is 52.6 Å². The lowest BCUT2D eigenvalue weighted by Crippen LogP contribution is -2.16. The molecule has 18 heavy (non-hydrogen) atoms. The highest BCUT2D eigenvalue weighted by atomic mass is 79.9. The number of anilines is 2. The van der Waals surface area contributed by atoms with Crippen molar-refractivity contribution in [3.8, 4) is 0 Å². The van der Waals surface area contributed by atoms with E-state index in [-0.39, 0.29) is 12.3 Å². The van der Waals surface area contributed by atoms with Crippen molar-refractivity contribution < 1.29 is 4.79 Å². The molecule has 0 aliphatic heterocycles. The number of rotatable bonds is 3. The third-order valence-corrected chi connectivity index (χ3v) is 3.06. The minimum atomic E-state index is -0.146. The number of halogens is 1. The summed E-state index contributed by atoms with van der Waals surface area (Å²) >= 11 is 3.32. The standard InChI is InChI=1S/C13H12BrN3O/c14-10-5-3-7-16-13(10)17-12(18)8-9-4-1-2-6-11(9)15/h1-7H,8,15H2,(H,16,17,18). The molecule has 0 saturated heterocycles. The van der Waals surface area contributed by atoms with Gasteiger partial charge in [-0.15, -0.1) is 0 Å². The maximum Gasteiger partial charge on any atom is 0.230 e. The number of hydrogen-bond donors (Lipinski definition) is 2. The van der Waals surface area contributed by atoms with Crippen LogP contribution in [0.4, 0.5) is 11.5 Å². The monoisotopic (exact) mass is 305 g/mol. The van der Waals surface area contributed by atoms with Crippen molar-refractivity contribution in [3.63, 3.8) is 0 Å². The van der Waals surface area contributed by atoms with Gasteiger partial charge >= 0.3 is 0 Å². The Balaban J connectivity index is 2.06. The van der Waals surface area contributed by atoms with E-state index in [1.807, 2.05) is 24.3 Å². The summed E-state index contributed by atoms with van der Waals surface area (Å²) in [6.07, 6.45) is 1.85. The number of pyridine rings is 1. The number of carbonyl (C=O) groups excluding carboxylic acids is 1. The van der Waals surface area contributed by atoms with Crippen LogP contribution >= 0.6 is 15.9 Å². The summed E-state index contributed by atoms with van der Waals surface area (Å²) < 4.78 is 0.749. The van der Waals surface area contributed by atoms with Gasteiger partial charge in [0.05, 0.1) is 10.9 Å². The van der Waals surface area contributed by atoms with E-state index in [0.717, 1.165) is 10.0 Å². The Morgan fingerprint density at radius 2 is 2.06 bits per heavy atom. The first-order chi connectivity index (χ1) is 8.66. The zero-order valence-corrected chi connectivity index (χ0v) is 11.1. The number of nitrogens with zero attached hydrogens (tertiary/aromatic N) is 1. The van der Waals surface area contributed by atoms with E-state index in [1.54, 1.807) is 18.3 Å². The van der Waals surface area contributed by atoms with Crippen LogP contribution in [0.2, 0.25) is 0 Å². The van der Waals surface area contributed by atoms with Crippen LogP contribution < -0.4 is 11.1 Å². The van der Waals surface area contributed by atoms with Crippen LogP contribution in [0, 0.1) is 0 Å². The minimum absolute atomic E-state index is 0.146. The summed E-state index contributed by atoms with van der Waals surface area (Å²) in [5, 5.41) is 2.73. The zero-order chi connectivity index (χ0) is 13.0. The van der Waals surface area contributed by atoms with Crippen molar-refractivity contribution >= 4 is 33.3 Å². The SMILES string of the molecule is Nc1ccccc1CC(=O)Nc1ncccc1Br. The fourth-order valence-electron chi connectivity index (χ4n) is 1.52.